The van der Waals surface area contributed by atoms with Crippen molar-refractivity contribution < 1.29 is 0 Å². The summed E-state index contributed by atoms with van der Waals surface area (Å²) in [7, 11) is 4.39. The summed E-state index contributed by atoms with van der Waals surface area (Å²) in [4.78, 5) is 4.74. The van der Waals surface area contributed by atoms with Crippen LogP contribution in [0.1, 0.15) is 70.8 Å². The van der Waals surface area contributed by atoms with E-state index in [1.807, 2.05) is 6.08 Å². The first-order valence-corrected chi connectivity index (χ1v) is 9.82. The highest BCUT2D eigenvalue weighted by molar-refractivity contribution is 5.71. The first kappa shape index (κ1) is 20.6. The van der Waals surface area contributed by atoms with Gasteiger partial charge in [-0.25, -0.2) is 0 Å². The lowest BCUT2D eigenvalue weighted by atomic mass is 10.1. The van der Waals surface area contributed by atoms with E-state index in [0.717, 1.165) is 13.1 Å². The minimum atomic E-state index is 1.12. The number of anilines is 2. The molecule has 0 saturated heterocycles. The molecule has 136 valence electrons. The van der Waals surface area contributed by atoms with Crippen LogP contribution in [0.15, 0.2) is 24.8 Å². The van der Waals surface area contributed by atoms with Gasteiger partial charge in [0.2, 0.25) is 0 Å². The summed E-state index contributed by atoms with van der Waals surface area (Å²) in [6.07, 6.45) is 12.4. The zero-order valence-electron chi connectivity index (χ0n) is 16.5. The minimum absolute atomic E-state index is 1.12. The third-order valence-corrected chi connectivity index (χ3v) is 4.78. The zero-order chi connectivity index (χ0) is 17.8. The summed E-state index contributed by atoms with van der Waals surface area (Å²) in [6, 6.07) is 6.80. The highest BCUT2D eigenvalue weighted by atomic mass is 15.1. The second kappa shape index (κ2) is 12.0. The van der Waals surface area contributed by atoms with Crippen LogP contribution in [-0.2, 0) is 0 Å². The lowest BCUT2D eigenvalue weighted by Gasteiger charge is -2.25. The van der Waals surface area contributed by atoms with Crippen LogP contribution >= 0.6 is 0 Å². The maximum Gasteiger partial charge on any atom is 0.0438 e. The second-order valence-electron chi connectivity index (χ2n) is 6.91. The summed E-state index contributed by atoms with van der Waals surface area (Å²) in [5.74, 6) is 0. The van der Waals surface area contributed by atoms with Crippen molar-refractivity contribution in [1.29, 1.82) is 0 Å². The Hall–Kier alpha value is -1.44. The molecule has 0 radical (unpaired) electrons. The maximum absolute atomic E-state index is 4.03. The largest absolute Gasteiger partial charge is 0.375 e. The van der Waals surface area contributed by atoms with Crippen molar-refractivity contribution in [2.75, 3.05) is 37.0 Å². The van der Waals surface area contributed by atoms with Crippen LogP contribution in [-0.4, -0.2) is 27.2 Å². The van der Waals surface area contributed by atoms with Gasteiger partial charge < -0.3 is 9.80 Å². The molecule has 0 aromatic heterocycles. The Morgan fingerprint density at radius 2 is 1.42 bits per heavy atom. The van der Waals surface area contributed by atoms with Crippen LogP contribution < -0.4 is 9.80 Å². The van der Waals surface area contributed by atoms with E-state index in [0.29, 0.717) is 0 Å². The molecule has 0 aliphatic heterocycles. The van der Waals surface area contributed by atoms with E-state index in [-0.39, 0.29) is 0 Å². The smallest absolute Gasteiger partial charge is 0.0438 e. The molecule has 0 N–H and O–H groups in total. The Morgan fingerprint density at radius 1 is 0.833 bits per heavy atom. The molecule has 1 aromatic carbocycles. The molecular weight excluding hydrogens is 292 g/mol. The summed E-state index contributed by atoms with van der Waals surface area (Å²) in [6.45, 7) is 10.8. The van der Waals surface area contributed by atoms with Crippen molar-refractivity contribution in [2.45, 2.75) is 65.2 Å². The topological polar surface area (TPSA) is 6.48 Å². The van der Waals surface area contributed by atoms with Crippen molar-refractivity contribution in [3.8, 4) is 0 Å². The Balaban J connectivity index is 2.64. The molecule has 0 atom stereocenters. The van der Waals surface area contributed by atoms with Crippen LogP contribution in [0.5, 0.6) is 0 Å². The molecule has 2 heteroatoms. The molecule has 0 fully saturated rings. The number of nitrogens with zero attached hydrogens (tertiary/aromatic N) is 2. The molecule has 0 aliphatic rings. The fraction of sp³-hybridized carbons (Fsp3) is 0.636. The van der Waals surface area contributed by atoms with Gasteiger partial charge in [0.05, 0.1) is 0 Å². The van der Waals surface area contributed by atoms with E-state index in [4.69, 9.17) is 0 Å². The molecule has 24 heavy (non-hydrogen) atoms. The molecule has 0 bridgehead atoms. The number of hydrogen-bond acceptors (Lipinski definition) is 2. The molecule has 0 unspecified atom stereocenters. The predicted octanol–water partition coefficient (Wildman–Crippen LogP) is 6.36. The molecule has 0 spiro atoms. The Bertz CT molecular complexity index is 467. The van der Waals surface area contributed by atoms with E-state index >= 15 is 0 Å². The van der Waals surface area contributed by atoms with E-state index in [2.05, 4.69) is 62.5 Å². The second-order valence-corrected chi connectivity index (χ2v) is 6.91. The highest BCUT2D eigenvalue weighted by Gasteiger charge is 2.08. The summed E-state index contributed by atoms with van der Waals surface area (Å²) in [5, 5.41) is 0. The molecular formula is C22H38N2. The van der Waals surface area contributed by atoms with Crippen LogP contribution in [0, 0.1) is 0 Å². The van der Waals surface area contributed by atoms with E-state index in [1.54, 1.807) is 0 Å². The molecule has 1 aromatic rings. The first-order chi connectivity index (χ1) is 11.6. The van der Waals surface area contributed by atoms with Gasteiger partial charge in [0.25, 0.3) is 0 Å². The van der Waals surface area contributed by atoms with Gasteiger partial charge in [-0.15, -0.1) is 0 Å². The lowest BCUT2D eigenvalue weighted by Crippen LogP contribution is -2.21. The monoisotopic (exact) mass is 330 g/mol. The fourth-order valence-electron chi connectivity index (χ4n) is 3.09. The average molecular weight is 331 g/mol. The van der Waals surface area contributed by atoms with Gasteiger partial charge in [0.15, 0.2) is 0 Å². The lowest BCUT2D eigenvalue weighted by molar-refractivity contribution is 0.660. The van der Waals surface area contributed by atoms with Gasteiger partial charge in [-0.3, -0.25) is 0 Å². The van der Waals surface area contributed by atoms with Crippen molar-refractivity contribution in [1.82, 2.24) is 0 Å². The van der Waals surface area contributed by atoms with Crippen LogP contribution in [0.2, 0.25) is 0 Å². The molecule has 0 aliphatic carbocycles. The van der Waals surface area contributed by atoms with Crippen molar-refractivity contribution in [3.05, 3.63) is 30.3 Å². The quantitative estimate of drug-likeness (QED) is 0.388. The predicted molar refractivity (Wildman–Crippen MR) is 111 cm³/mol. The van der Waals surface area contributed by atoms with Crippen LogP contribution in [0.25, 0.3) is 6.08 Å². The number of rotatable bonds is 13. The average Bonchev–Trinajstić information content (AvgIpc) is 2.61. The highest BCUT2D eigenvalue weighted by Crippen LogP contribution is 2.27. The van der Waals surface area contributed by atoms with Crippen LogP contribution in [0.3, 0.4) is 0 Å². The normalized spacial score (nSPS) is 10.7. The first-order valence-electron chi connectivity index (χ1n) is 9.82. The Kier molecular flexibility index (Phi) is 10.3. The molecule has 0 amide bonds. The summed E-state index contributed by atoms with van der Waals surface area (Å²) in [5.41, 5.74) is 3.83. The molecule has 0 saturated carbocycles. The van der Waals surface area contributed by atoms with Crippen molar-refractivity contribution >= 4 is 17.5 Å². The fourth-order valence-corrected chi connectivity index (χ4v) is 3.09. The number of unbranched alkanes of at least 4 members (excludes halogenated alkanes) is 6. The number of hydrogen-bond donors (Lipinski definition) is 0. The zero-order valence-corrected chi connectivity index (χ0v) is 16.5. The third-order valence-electron chi connectivity index (χ3n) is 4.78. The van der Waals surface area contributed by atoms with Gasteiger partial charge in [0.1, 0.15) is 0 Å². The number of benzene rings is 1. The SMILES string of the molecule is C=Cc1cc(N(C)CCCCCC)ccc1N(C)CCCCCC. The Labute approximate surface area is 150 Å². The van der Waals surface area contributed by atoms with E-state index in [9.17, 15) is 0 Å². The van der Waals surface area contributed by atoms with E-state index in [1.165, 1.54) is 68.3 Å². The standard InChI is InChI=1S/C22H38N2/c1-6-9-11-13-17-23(4)21-15-16-22(20(8-3)19-21)24(5)18-14-12-10-7-2/h8,15-16,19H,3,6-7,9-14,17-18H2,1-2,4-5H3. The van der Waals surface area contributed by atoms with E-state index < -0.39 is 0 Å². The van der Waals surface area contributed by atoms with Gasteiger partial charge in [-0.2, -0.15) is 0 Å². The summed E-state index contributed by atoms with van der Waals surface area (Å²) < 4.78 is 0. The molecule has 0 heterocycles. The van der Waals surface area contributed by atoms with Gasteiger partial charge in [0, 0.05) is 38.6 Å². The van der Waals surface area contributed by atoms with Crippen LogP contribution in [0.4, 0.5) is 11.4 Å². The van der Waals surface area contributed by atoms with Gasteiger partial charge >= 0.3 is 0 Å². The van der Waals surface area contributed by atoms with Crippen molar-refractivity contribution in [2.24, 2.45) is 0 Å². The molecule has 2 nitrogen and oxygen atoms in total. The van der Waals surface area contributed by atoms with Gasteiger partial charge in [-0.1, -0.05) is 65.0 Å². The maximum atomic E-state index is 4.03. The molecule has 1 rings (SSSR count). The minimum Gasteiger partial charge on any atom is -0.375 e. The van der Waals surface area contributed by atoms with Crippen molar-refractivity contribution in [3.63, 3.8) is 0 Å². The third kappa shape index (κ3) is 6.98. The summed E-state index contributed by atoms with van der Waals surface area (Å²) >= 11 is 0. The van der Waals surface area contributed by atoms with Gasteiger partial charge in [-0.05, 0) is 36.6 Å². The Morgan fingerprint density at radius 3 is 1.96 bits per heavy atom.